The molecule has 2 aliphatic rings. The maximum Gasteiger partial charge on any atom is 0.316 e. The number of allylic oxidation sites excluding steroid dienone is 2. The molecule has 2 N–H and O–H groups in total. The van der Waals surface area contributed by atoms with E-state index in [0.29, 0.717) is 16.5 Å². The highest BCUT2D eigenvalue weighted by atomic mass is 35.5. The summed E-state index contributed by atoms with van der Waals surface area (Å²) in [7, 11) is 3.34. The van der Waals surface area contributed by atoms with Gasteiger partial charge in [0.05, 0.1) is 18.2 Å². The van der Waals surface area contributed by atoms with Gasteiger partial charge in [0.25, 0.3) is 0 Å². The molecule has 8 nitrogen and oxygen atoms in total. The van der Waals surface area contributed by atoms with Crippen LogP contribution in [0.5, 0.6) is 5.75 Å². The van der Waals surface area contributed by atoms with Crippen LogP contribution in [0.15, 0.2) is 42.1 Å². The molecule has 3 atom stereocenters. The molecule has 32 heavy (non-hydrogen) atoms. The first-order chi connectivity index (χ1) is 15.0. The smallest absolute Gasteiger partial charge is 0.316 e. The van der Waals surface area contributed by atoms with Gasteiger partial charge < -0.3 is 20.3 Å². The second-order valence-electron chi connectivity index (χ2n) is 8.57. The summed E-state index contributed by atoms with van der Waals surface area (Å²) in [5.41, 5.74) is 0.456. The highest BCUT2D eigenvalue weighted by molar-refractivity contribution is 6.40. The van der Waals surface area contributed by atoms with Gasteiger partial charge in [0.15, 0.2) is 0 Å². The predicted molar refractivity (Wildman–Crippen MR) is 123 cm³/mol. The molecule has 9 heteroatoms. The van der Waals surface area contributed by atoms with Crippen molar-refractivity contribution in [1.29, 1.82) is 0 Å². The number of hydrogen-bond donors (Lipinski definition) is 2. The van der Waals surface area contributed by atoms with Crippen molar-refractivity contribution < 1.29 is 19.1 Å². The van der Waals surface area contributed by atoms with Crippen LogP contribution in [0.3, 0.4) is 0 Å². The van der Waals surface area contributed by atoms with Gasteiger partial charge in [0, 0.05) is 11.9 Å². The number of benzene rings is 1. The van der Waals surface area contributed by atoms with Gasteiger partial charge in [-0.1, -0.05) is 37.6 Å². The molecule has 3 rings (SSSR count). The maximum absolute atomic E-state index is 13.2. The maximum atomic E-state index is 13.2. The molecule has 3 unspecified atom stereocenters. The molecular formula is C23H29ClN4O4. The number of likely N-dealkylation sites (N-methyl/N-ethyl adjacent to an activating group) is 1. The van der Waals surface area contributed by atoms with Gasteiger partial charge in [-0.2, -0.15) is 0 Å². The van der Waals surface area contributed by atoms with E-state index < -0.39 is 29.6 Å². The lowest BCUT2D eigenvalue weighted by Crippen LogP contribution is -2.57. The SMILES string of the molecule is COc1ccc(NC(=O)C(=O)N2C=C(C)C=CC2C2NC(=O)C(C)(C(C)C)N2C)cc1Cl. The standard InChI is InChI=1S/C23H29ClN4O4/c1-13(2)23(4)22(31)26-19(27(23)5)17-9-7-14(3)12-28(17)21(30)20(29)25-15-8-10-18(32-6)16(24)11-15/h7-13,17,19H,1-6H3,(H,25,29)(H,26,31). The number of methoxy groups -OCH3 is 1. The Morgan fingerprint density at radius 1 is 1.31 bits per heavy atom. The number of hydrogen-bond acceptors (Lipinski definition) is 5. The Balaban J connectivity index is 1.84. The lowest BCUT2D eigenvalue weighted by Gasteiger charge is -2.40. The van der Waals surface area contributed by atoms with E-state index in [4.69, 9.17) is 16.3 Å². The molecule has 2 heterocycles. The van der Waals surface area contributed by atoms with Gasteiger partial charge in [-0.25, -0.2) is 0 Å². The molecule has 172 valence electrons. The minimum absolute atomic E-state index is 0.0506. The number of amides is 3. The Hall–Kier alpha value is -2.84. The summed E-state index contributed by atoms with van der Waals surface area (Å²) in [6.45, 7) is 7.68. The molecule has 1 saturated heterocycles. The first kappa shape index (κ1) is 23.8. The number of anilines is 1. The lowest BCUT2D eigenvalue weighted by molar-refractivity contribution is -0.143. The van der Waals surface area contributed by atoms with Crippen LogP contribution in [-0.4, -0.2) is 59.4 Å². The third-order valence-corrected chi connectivity index (χ3v) is 6.69. The number of ether oxygens (including phenoxy) is 1. The third kappa shape index (κ3) is 4.12. The van der Waals surface area contributed by atoms with Crippen LogP contribution >= 0.6 is 11.6 Å². The van der Waals surface area contributed by atoms with E-state index >= 15 is 0 Å². The molecule has 3 amide bonds. The summed E-state index contributed by atoms with van der Waals surface area (Å²) in [6, 6.07) is 4.17. The van der Waals surface area contributed by atoms with E-state index in [-0.39, 0.29) is 11.8 Å². The molecule has 1 aromatic carbocycles. The van der Waals surface area contributed by atoms with Crippen LogP contribution in [0.4, 0.5) is 5.69 Å². The molecule has 0 bridgehead atoms. The summed E-state index contributed by atoms with van der Waals surface area (Å²) in [4.78, 5) is 42.1. The molecule has 0 radical (unpaired) electrons. The van der Waals surface area contributed by atoms with Crippen LogP contribution in [0.25, 0.3) is 0 Å². The van der Waals surface area contributed by atoms with Gasteiger partial charge in [0.2, 0.25) is 5.91 Å². The van der Waals surface area contributed by atoms with Crippen LogP contribution in [0.1, 0.15) is 27.7 Å². The fourth-order valence-electron chi connectivity index (χ4n) is 4.00. The second-order valence-corrected chi connectivity index (χ2v) is 8.98. The van der Waals surface area contributed by atoms with Crippen LogP contribution in [0.2, 0.25) is 5.02 Å². The monoisotopic (exact) mass is 460 g/mol. The zero-order valence-electron chi connectivity index (χ0n) is 19.1. The summed E-state index contributed by atoms with van der Waals surface area (Å²) in [6.07, 6.45) is 4.85. The Bertz CT molecular complexity index is 1010. The normalized spacial score (nSPS) is 25.6. The molecule has 2 aliphatic heterocycles. The zero-order valence-corrected chi connectivity index (χ0v) is 19.9. The first-order valence-corrected chi connectivity index (χ1v) is 10.8. The zero-order chi connectivity index (χ0) is 23.8. The highest BCUT2D eigenvalue weighted by Gasteiger charge is 2.53. The minimum atomic E-state index is -0.811. The molecular weight excluding hydrogens is 432 g/mol. The van der Waals surface area contributed by atoms with E-state index in [9.17, 15) is 14.4 Å². The first-order valence-electron chi connectivity index (χ1n) is 10.4. The summed E-state index contributed by atoms with van der Waals surface area (Å²) >= 11 is 6.12. The number of nitrogens with one attached hydrogen (secondary N) is 2. The fraction of sp³-hybridized carbons (Fsp3) is 0.435. The summed E-state index contributed by atoms with van der Waals surface area (Å²) < 4.78 is 5.11. The number of rotatable bonds is 4. The molecule has 1 fully saturated rings. The average Bonchev–Trinajstić information content (AvgIpc) is 2.98. The lowest BCUT2D eigenvalue weighted by atomic mass is 9.87. The highest BCUT2D eigenvalue weighted by Crippen LogP contribution is 2.33. The molecule has 0 aromatic heterocycles. The average molecular weight is 461 g/mol. The molecule has 0 spiro atoms. The molecule has 0 aliphatic carbocycles. The van der Waals surface area contributed by atoms with E-state index in [1.54, 1.807) is 18.3 Å². The number of carbonyl (C=O) groups is 3. The number of carbonyl (C=O) groups excluding carboxylic acids is 3. The van der Waals surface area contributed by atoms with Crippen molar-refractivity contribution in [3.05, 3.63) is 47.1 Å². The van der Waals surface area contributed by atoms with Crippen molar-refractivity contribution in [3.63, 3.8) is 0 Å². The fourth-order valence-corrected chi connectivity index (χ4v) is 4.26. The van der Waals surface area contributed by atoms with Crippen molar-refractivity contribution in [2.45, 2.75) is 45.4 Å². The van der Waals surface area contributed by atoms with Crippen molar-refractivity contribution >= 4 is 35.0 Å². The van der Waals surface area contributed by atoms with Crippen LogP contribution < -0.4 is 15.4 Å². The Labute approximate surface area is 193 Å². The summed E-state index contributed by atoms with van der Waals surface area (Å²) in [5, 5.41) is 5.91. The second kappa shape index (κ2) is 8.96. The largest absolute Gasteiger partial charge is 0.495 e. The van der Waals surface area contributed by atoms with Gasteiger partial charge in [-0.3, -0.25) is 19.3 Å². The van der Waals surface area contributed by atoms with Crippen molar-refractivity contribution in [1.82, 2.24) is 15.1 Å². The Morgan fingerprint density at radius 3 is 2.56 bits per heavy atom. The minimum Gasteiger partial charge on any atom is -0.495 e. The molecule has 0 saturated carbocycles. The van der Waals surface area contributed by atoms with Crippen molar-refractivity contribution in [3.8, 4) is 5.75 Å². The Kier molecular flexibility index (Phi) is 6.67. The topological polar surface area (TPSA) is 91.0 Å². The number of nitrogens with zero attached hydrogens (tertiary/aromatic N) is 2. The van der Waals surface area contributed by atoms with Gasteiger partial charge in [-0.15, -0.1) is 0 Å². The quantitative estimate of drug-likeness (QED) is 0.674. The van der Waals surface area contributed by atoms with Gasteiger partial charge >= 0.3 is 11.8 Å². The number of halogens is 1. The van der Waals surface area contributed by atoms with E-state index in [1.807, 2.05) is 51.8 Å². The van der Waals surface area contributed by atoms with E-state index in [2.05, 4.69) is 10.6 Å². The Morgan fingerprint density at radius 2 is 2.00 bits per heavy atom. The van der Waals surface area contributed by atoms with Crippen LogP contribution in [-0.2, 0) is 14.4 Å². The third-order valence-electron chi connectivity index (χ3n) is 6.39. The van der Waals surface area contributed by atoms with E-state index in [1.165, 1.54) is 18.1 Å². The van der Waals surface area contributed by atoms with Crippen molar-refractivity contribution in [2.24, 2.45) is 5.92 Å². The van der Waals surface area contributed by atoms with Crippen LogP contribution in [0, 0.1) is 5.92 Å². The van der Waals surface area contributed by atoms with Gasteiger partial charge in [-0.05, 0) is 50.6 Å². The predicted octanol–water partition coefficient (Wildman–Crippen LogP) is 2.76. The summed E-state index contributed by atoms with van der Waals surface area (Å²) in [5.74, 6) is -1.15. The van der Waals surface area contributed by atoms with Crippen molar-refractivity contribution in [2.75, 3.05) is 19.5 Å². The molecule has 1 aromatic rings. The van der Waals surface area contributed by atoms with Gasteiger partial charge in [0.1, 0.15) is 17.5 Å². The van der Waals surface area contributed by atoms with E-state index in [0.717, 1.165) is 5.57 Å².